The fourth-order valence-corrected chi connectivity index (χ4v) is 3.94. The van der Waals surface area contributed by atoms with Crippen molar-refractivity contribution in [3.8, 4) is 11.5 Å². The minimum atomic E-state index is 0.809. The van der Waals surface area contributed by atoms with E-state index >= 15 is 0 Å². The molecule has 168 valence electrons. The maximum absolute atomic E-state index is 6.10. The Morgan fingerprint density at radius 2 is 1.13 bits per heavy atom. The van der Waals surface area contributed by atoms with Crippen LogP contribution >= 0.6 is 0 Å². The lowest BCUT2D eigenvalue weighted by Gasteiger charge is -2.11. The molecule has 0 unspecified atom stereocenters. The van der Waals surface area contributed by atoms with Crippen molar-refractivity contribution in [3.63, 3.8) is 0 Å². The number of ether oxygens (including phenoxy) is 2. The molecule has 0 N–H and O–H groups in total. The van der Waals surface area contributed by atoms with Crippen LogP contribution in [-0.2, 0) is 0 Å². The second-order valence-corrected chi connectivity index (χ2v) is 8.58. The first kappa shape index (κ1) is 24.6. The van der Waals surface area contributed by atoms with Crippen molar-refractivity contribution in [3.05, 3.63) is 36.4 Å². The molecular formula is C28H44O2. The number of rotatable bonds is 18. The summed E-state index contributed by atoms with van der Waals surface area (Å²) in [6, 6.07) is 12.7. The average Bonchev–Trinajstić information content (AvgIpc) is 2.77. The average molecular weight is 413 g/mol. The molecule has 0 spiro atoms. The number of hydrogen-bond donors (Lipinski definition) is 0. The van der Waals surface area contributed by atoms with Crippen LogP contribution in [0.5, 0.6) is 11.5 Å². The predicted octanol–water partition coefficient (Wildman–Crippen LogP) is 9.10. The van der Waals surface area contributed by atoms with Crippen LogP contribution < -0.4 is 9.47 Å². The van der Waals surface area contributed by atoms with Crippen LogP contribution in [-0.4, -0.2) is 13.2 Å². The third kappa shape index (κ3) is 9.87. The molecule has 0 amide bonds. The maximum Gasteiger partial charge on any atom is 0.127 e. The van der Waals surface area contributed by atoms with Crippen LogP contribution in [0.4, 0.5) is 0 Å². The van der Waals surface area contributed by atoms with Gasteiger partial charge in [0.15, 0.2) is 0 Å². The Balaban J connectivity index is 1.69. The molecule has 2 nitrogen and oxygen atoms in total. The van der Waals surface area contributed by atoms with Crippen molar-refractivity contribution in [2.45, 2.75) is 104 Å². The van der Waals surface area contributed by atoms with Gasteiger partial charge in [-0.15, -0.1) is 0 Å². The van der Waals surface area contributed by atoms with Crippen LogP contribution in [0.15, 0.2) is 36.4 Å². The quantitative estimate of drug-likeness (QED) is 0.227. The van der Waals surface area contributed by atoms with Gasteiger partial charge in [0.25, 0.3) is 0 Å². The molecule has 0 fully saturated rings. The zero-order valence-corrected chi connectivity index (χ0v) is 19.6. The highest BCUT2D eigenvalue weighted by Crippen LogP contribution is 2.29. The molecule has 0 bridgehead atoms. The monoisotopic (exact) mass is 412 g/mol. The van der Waals surface area contributed by atoms with E-state index in [-0.39, 0.29) is 0 Å². The van der Waals surface area contributed by atoms with E-state index in [1.165, 1.54) is 87.8 Å². The first-order chi connectivity index (χ1) is 14.8. The van der Waals surface area contributed by atoms with E-state index in [9.17, 15) is 0 Å². The van der Waals surface area contributed by atoms with Gasteiger partial charge in [-0.25, -0.2) is 0 Å². The second kappa shape index (κ2) is 16.1. The Kier molecular flexibility index (Phi) is 13.1. The largest absolute Gasteiger partial charge is 0.494 e. The summed E-state index contributed by atoms with van der Waals surface area (Å²) in [5.41, 5.74) is 0. The van der Waals surface area contributed by atoms with E-state index in [1.807, 2.05) is 0 Å². The Labute approximate surface area is 185 Å². The summed E-state index contributed by atoms with van der Waals surface area (Å²) >= 11 is 0. The Morgan fingerprint density at radius 1 is 0.567 bits per heavy atom. The fraction of sp³-hybridized carbons (Fsp3) is 0.643. The Morgan fingerprint density at radius 3 is 1.77 bits per heavy atom. The van der Waals surface area contributed by atoms with Gasteiger partial charge in [-0.05, 0) is 42.5 Å². The number of fused-ring (bicyclic) bond motifs is 1. The SMILES string of the molecule is CCCCCCCCCOc1ccc2c(OCCCCCCCCC)cccc2c1. The van der Waals surface area contributed by atoms with Gasteiger partial charge < -0.3 is 9.47 Å². The molecule has 2 aromatic carbocycles. The first-order valence-corrected chi connectivity index (χ1v) is 12.6. The van der Waals surface area contributed by atoms with Gasteiger partial charge in [0.05, 0.1) is 13.2 Å². The molecule has 0 aromatic heterocycles. The summed E-state index contributed by atoms with van der Waals surface area (Å²) in [7, 11) is 0. The lowest BCUT2D eigenvalue weighted by Crippen LogP contribution is -1.99. The number of unbranched alkanes of at least 4 members (excludes halogenated alkanes) is 12. The van der Waals surface area contributed by atoms with Gasteiger partial charge in [0, 0.05) is 5.39 Å². The molecule has 0 atom stereocenters. The van der Waals surface area contributed by atoms with Crippen molar-refractivity contribution >= 4 is 10.8 Å². The zero-order valence-electron chi connectivity index (χ0n) is 19.6. The van der Waals surface area contributed by atoms with Gasteiger partial charge in [0.1, 0.15) is 11.5 Å². The topological polar surface area (TPSA) is 18.5 Å². The second-order valence-electron chi connectivity index (χ2n) is 8.58. The third-order valence-corrected chi connectivity index (χ3v) is 5.83. The van der Waals surface area contributed by atoms with Gasteiger partial charge in [-0.3, -0.25) is 0 Å². The minimum absolute atomic E-state index is 0.809. The van der Waals surface area contributed by atoms with E-state index in [0.717, 1.165) is 37.6 Å². The molecule has 0 aliphatic heterocycles. The summed E-state index contributed by atoms with van der Waals surface area (Å²) < 4.78 is 12.1. The van der Waals surface area contributed by atoms with Crippen molar-refractivity contribution in [2.24, 2.45) is 0 Å². The van der Waals surface area contributed by atoms with Crippen molar-refractivity contribution in [1.29, 1.82) is 0 Å². The van der Waals surface area contributed by atoms with Gasteiger partial charge in [-0.2, -0.15) is 0 Å². The van der Waals surface area contributed by atoms with E-state index in [4.69, 9.17) is 9.47 Å². The van der Waals surface area contributed by atoms with Crippen molar-refractivity contribution in [1.82, 2.24) is 0 Å². The molecule has 0 radical (unpaired) electrons. The molecule has 0 saturated heterocycles. The smallest absolute Gasteiger partial charge is 0.127 e. The van der Waals surface area contributed by atoms with E-state index in [0.29, 0.717) is 0 Å². The Bertz CT molecular complexity index is 679. The molecule has 0 aliphatic rings. The highest BCUT2D eigenvalue weighted by molar-refractivity contribution is 5.89. The van der Waals surface area contributed by atoms with Gasteiger partial charge in [-0.1, -0.05) is 103 Å². The fourth-order valence-electron chi connectivity index (χ4n) is 3.94. The zero-order chi connectivity index (χ0) is 21.3. The molecule has 0 heterocycles. The van der Waals surface area contributed by atoms with Crippen LogP contribution in [0.3, 0.4) is 0 Å². The lowest BCUT2D eigenvalue weighted by molar-refractivity contribution is 0.304. The molecule has 2 rings (SSSR count). The number of benzene rings is 2. The van der Waals surface area contributed by atoms with E-state index in [1.54, 1.807) is 0 Å². The molecule has 0 saturated carbocycles. The highest BCUT2D eigenvalue weighted by Gasteiger charge is 2.04. The predicted molar refractivity (Wildman–Crippen MR) is 131 cm³/mol. The molecule has 2 heteroatoms. The van der Waals surface area contributed by atoms with E-state index in [2.05, 4.69) is 50.2 Å². The highest BCUT2D eigenvalue weighted by atomic mass is 16.5. The summed E-state index contributed by atoms with van der Waals surface area (Å²) in [5, 5.41) is 2.38. The summed E-state index contributed by atoms with van der Waals surface area (Å²) in [6.45, 7) is 6.16. The first-order valence-electron chi connectivity index (χ1n) is 12.6. The van der Waals surface area contributed by atoms with Crippen LogP contribution in [0, 0.1) is 0 Å². The summed E-state index contributed by atoms with van der Waals surface area (Å²) in [5.74, 6) is 1.97. The van der Waals surface area contributed by atoms with Crippen LogP contribution in [0.25, 0.3) is 10.8 Å². The minimum Gasteiger partial charge on any atom is -0.494 e. The molecular weight excluding hydrogens is 368 g/mol. The third-order valence-electron chi connectivity index (χ3n) is 5.83. The number of hydrogen-bond acceptors (Lipinski definition) is 2. The summed E-state index contributed by atoms with van der Waals surface area (Å²) in [4.78, 5) is 0. The Hall–Kier alpha value is -1.70. The van der Waals surface area contributed by atoms with Gasteiger partial charge >= 0.3 is 0 Å². The molecule has 0 aliphatic carbocycles. The van der Waals surface area contributed by atoms with Gasteiger partial charge in [0.2, 0.25) is 0 Å². The summed E-state index contributed by atoms with van der Waals surface area (Å²) in [6.07, 6.45) is 18.4. The normalized spacial score (nSPS) is 11.1. The lowest BCUT2D eigenvalue weighted by atomic mass is 10.1. The molecule has 30 heavy (non-hydrogen) atoms. The standard InChI is InChI=1S/C28H44O2/c1-3-5-7-9-11-13-15-22-29-26-20-21-27-25(24-26)18-17-19-28(27)30-23-16-14-12-10-8-6-4-2/h17-21,24H,3-16,22-23H2,1-2H3. The maximum atomic E-state index is 6.10. The van der Waals surface area contributed by atoms with Crippen LogP contribution in [0.2, 0.25) is 0 Å². The van der Waals surface area contributed by atoms with Crippen molar-refractivity contribution < 1.29 is 9.47 Å². The molecule has 2 aromatic rings. The van der Waals surface area contributed by atoms with Crippen LogP contribution in [0.1, 0.15) is 104 Å². The van der Waals surface area contributed by atoms with Crippen molar-refractivity contribution in [2.75, 3.05) is 13.2 Å². The van der Waals surface area contributed by atoms with E-state index < -0.39 is 0 Å².